The summed E-state index contributed by atoms with van der Waals surface area (Å²) in [6.45, 7) is 34.7. The van der Waals surface area contributed by atoms with Gasteiger partial charge in [0.2, 0.25) is 0 Å². The number of aliphatic hydroxyl groups excluding tert-OH is 2. The Morgan fingerprint density at radius 3 is 1.32 bits per heavy atom. The number of rotatable bonds is 18. The number of ether oxygens (including phenoxy) is 2. The highest BCUT2D eigenvalue weighted by molar-refractivity contribution is 5.76. The summed E-state index contributed by atoms with van der Waals surface area (Å²) in [6.07, 6.45) is 1.97. The van der Waals surface area contributed by atoms with E-state index in [0.717, 1.165) is 75.4 Å². The third kappa shape index (κ3) is 26.9. The zero-order valence-corrected chi connectivity index (χ0v) is 61.0. The molecule has 0 spiro atoms. The number of esters is 2. The Morgan fingerprint density at radius 1 is 0.485 bits per heavy atom. The molecule has 8 N–H and O–H groups in total. The number of aliphatic hydroxyl groups is 3. The third-order valence-corrected chi connectivity index (χ3v) is 20.0. The van der Waals surface area contributed by atoms with Gasteiger partial charge in [-0.3, -0.25) is 9.59 Å². The molecule has 3 aliphatic carbocycles. The van der Waals surface area contributed by atoms with Crippen molar-refractivity contribution in [2.24, 2.45) is 34.5 Å². The Balaban J connectivity index is 0.000000571. The van der Waals surface area contributed by atoms with Crippen molar-refractivity contribution in [1.29, 1.82) is 0 Å². The number of carbonyl (C=O) groups is 2. The maximum atomic E-state index is 12.6. The molecule has 18 heteroatoms. The minimum absolute atomic E-state index is 0.00826. The van der Waals surface area contributed by atoms with E-state index in [2.05, 4.69) is 69.2 Å². The minimum atomic E-state index is -5.84. The van der Waals surface area contributed by atoms with Crippen molar-refractivity contribution in [3.05, 3.63) is 149 Å². The number of phenols is 5. The number of benzene rings is 5. The summed E-state index contributed by atoms with van der Waals surface area (Å²) in [6, 6.07) is 31.0. The molecule has 0 saturated heterocycles. The van der Waals surface area contributed by atoms with Crippen molar-refractivity contribution < 1.29 is 86.3 Å². The molecular weight excluding hydrogens is 1250 g/mol. The average Bonchev–Trinajstić information content (AvgIpc) is 1.75. The van der Waals surface area contributed by atoms with Crippen LogP contribution >= 0.6 is 0 Å². The standard InChI is InChI=1S/C16H26O2.C13H14F6O.C11H16O.C10H14O2.2C10H14O.C8H16O3.CH4O/c1-4-16(2,3)15(17)18-14-9-10-8-13(14)12-7-5-6-11(10)12;1-3-8(2)9-4-6-10(7-5-9)11(20,12(14,15)16)13(17,18)19;1-4-11(2,3)9-5-7-10(12)8-6-9;1-3-7(2)8-4-5-9(11)10(12)6-8;1-3-8(2)9-4-6-10(11)7-5-9;1-3-8(2)9-5-4-6-10(11)7-9;1-4-8(2,3)7(10)11-6-5-9;1-2/h10-14H,4-9H2,1-3H3;4-8,20H,3H2,1-2H3;5-8,12H,4H2,1-3H3;4-7,11-12H,3H2,1-2H3;2*4-8,11H,3H2,1-2H3;9H,4-6H2,1-3H3;2H,1H3. The number of aromatic hydroxyl groups is 5. The van der Waals surface area contributed by atoms with Gasteiger partial charge in [-0.1, -0.05) is 163 Å². The van der Waals surface area contributed by atoms with Crippen molar-refractivity contribution in [1.82, 2.24) is 0 Å². The summed E-state index contributed by atoms with van der Waals surface area (Å²) in [4.78, 5) is 23.3. The van der Waals surface area contributed by atoms with Gasteiger partial charge in [-0.15, -0.1) is 0 Å². The number of hydrogen-bond acceptors (Lipinski definition) is 12. The molecule has 0 amide bonds. The van der Waals surface area contributed by atoms with Gasteiger partial charge in [-0.05, 0) is 227 Å². The molecule has 97 heavy (non-hydrogen) atoms. The quantitative estimate of drug-likeness (QED) is 0.0234. The van der Waals surface area contributed by atoms with E-state index >= 15 is 0 Å². The lowest BCUT2D eigenvalue weighted by atomic mass is 9.80. The van der Waals surface area contributed by atoms with E-state index in [1.54, 1.807) is 43.3 Å². The second kappa shape index (κ2) is 41.2. The SMILES string of the molecule is CCC(C)(C)C(=O)OC1CC2CC1C1CCCC21.CCC(C)(C)C(=O)OCCO.CCC(C)(C)c1ccc(O)cc1.CCC(C)c1ccc(C(O)(C(F)(F)F)C(F)(F)F)cc1.CCC(C)c1ccc(O)c(O)c1.CCC(C)c1ccc(O)cc1.CCC(C)c1cccc(O)c1.CO. The van der Waals surface area contributed by atoms with Crippen LogP contribution in [-0.2, 0) is 30.1 Å². The molecule has 2 bridgehead atoms. The van der Waals surface area contributed by atoms with Crippen LogP contribution in [0.1, 0.15) is 252 Å². The van der Waals surface area contributed by atoms with Crippen LogP contribution in [0.5, 0.6) is 28.7 Å². The van der Waals surface area contributed by atoms with Crippen molar-refractivity contribution in [2.45, 2.75) is 248 Å². The van der Waals surface area contributed by atoms with Gasteiger partial charge in [0, 0.05) is 12.7 Å². The first-order chi connectivity index (χ1) is 45.2. The Morgan fingerprint density at radius 2 is 0.897 bits per heavy atom. The monoisotopic (exact) mass is 1370 g/mol. The fourth-order valence-electron chi connectivity index (χ4n) is 11.1. The molecule has 3 fully saturated rings. The van der Waals surface area contributed by atoms with Crippen molar-refractivity contribution in [3.63, 3.8) is 0 Å². The van der Waals surface area contributed by atoms with E-state index in [4.69, 9.17) is 40.1 Å². The smallest absolute Gasteiger partial charge is 0.430 e. The van der Waals surface area contributed by atoms with E-state index in [1.807, 2.05) is 90.1 Å². The van der Waals surface area contributed by atoms with Crippen LogP contribution in [0, 0.1) is 34.5 Å². The summed E-state index contributed by atoms with van der Waals surface area (Å²) in [7, 11) is 1.00. The lowest BCUT2D eigenvalue weighted by Gasteiger charge is -2.33. The van der Waals surface area contributed by atoms with Gasteiger partial charge in [0.1, 0.15) is 30.0 Å². The molecule has 12 nitrogen and oxygen atoms in total. The zero-order valence-electron chi connectivity index (χ0n) is 61.0. The van der Waals surface area contributed by atoms with E-state index in [9.17, 15) is 46.1 Å². The lowest BCUT2D eigenvalue weighted by molar-refractivity contribution is -0.376. The Hall–Kier alpha value is -6.50. The van der Waals surface area contributed by atoms with Gasteiger partial charge >= 0.3 is 24.3 Å². The Bertz CT molecular complexity index is 3000. The molecule has 3 aliphatic rings. The second-order valence-corrected chi connectivity index (χ2v) is 27.7. The first kappa shape index (κ1) is 88.5. The lowest BCUT2D eigenvalue weighted by Crippen LogP contribution is -2.53. The first-order valence-electron chi connectivity index (χ1n) is 34.5. The van der Waals surface area contributed by atoms with Crippen LogP contribution in [0.25, 0.3) is 0 Å². The first-order valence-corrected chi connectivity index (χ1v) is 34.5. The number of halogens is 6. The van der Waals surface area contributed by atoms with Crippen LogP contribution in [0.2, 0.25) is 0 Å². The van der Waals surface area contributed by atoms with Crippen LogP contribution in [0.3, 0.4) is 0 Å². The van der Waals surface area contributed by atoms with Gasteiger partial charge in [0.25, 0.3) is 5.60 Å². The van der Waals surface area contributed by atoms with Crippen LogP contribution in [-0.4, -0.2) is 91.6 Å². The highest BCUT2D eigenvalue weighted by Gasteiger charge is 2.71. The molecule has 3 saturated carbocycles. The maximum Gasteiger partial charge on any atom is 0.430 e. The van der Waals surface area contributed by atoms with E-state index in [1.165, 1.54) is 60.6 Å². The molecule has 5 aromatic carbocycles. The van der Waals surface area contributed by atoms with Crippen LogP contribution < -0.4 is 0 Å². The van der Waals surface area contributed by atoms with Gasteiger partial charge in [-0.25, -0.2) is 0 Å². The van der Waals surface area contributed by atoms with Gasteiger partial charge < -0.3 is 50.3 Å². The molecular formula is C79H118F6O12. The molecule has 548 valence electrons. The normalized spacial score (nSPS) is 18.2. The highest BCUT2D eigenvalue weighted by atomic mass is 19.4. The molecule has 5 aromatic rings. The molecule has 0 aliphatic heterocycles. The largest absolute Gasteiger partial charge is 0.508 e. The topological polar surface area (TPSA) is 214 Å². The van der Waals surface area contributed by atoms with Crippen molar-refractivity contribution in [2.75, 3.05) is 20.3 Å². The van der Waals surface area contributed by atoms with Crippen LogP contribution in [0.15, 0.2) is 115 Å². The molecule has 0 heterocycles. The maximum absolute atomic E-state index is 12.6. The molecule has 0 aromatic heterocycles. The van der Waals surface area contributed by atoms with E-state index < -0.39 is 28.9 Å². The molecule has 9 atom stereocenters. The van der Waals surface area contributed by atoms with E-state index in [0.29, 0.717) is 65.0 Å². The Labute approximate surface area is 575 Å². The molecule has 9 unspecified atom stereocenters. The number of alkyl halides is 6. The van der Waals surface area contributed by atoms with Gasteiger partial charge in [0.15, 0.2) is 11.5 Å². The highest BCUT2D eigenvalue weighted by Crippen LogP contribution is 2.60. The van der Waals surface area contributed by atoms with Gasteiger partial charge in [0.05, 0.1) is 17.4 Å². The zero-order chi connectivity index (χ0) is 74.5. The summed E-state index contributed by atoms with van der Waals surface area (Å²) in [5, 5.41) is 70.1. The third-order valence-electron chi connectivity index (χ3n) is 20.0. The number of hydrogen-bond donors (Lipinski definition) is 8. The van der Waals surface area contributed by atoms with Crippen LogP contribution in [0.4, 0.5) is 26.3 Å². The van der Waals surface area contributed by atoms with Crippen molar-refractivity contribution >= 4 is 11.9 Å². The predicted octanol–water partition coefficient (Wildman–Crippen LogP) is 20.4. The average molecular weight is 1370 g/mol. The van der Waals surface area contributed by atoms with Gasteiger partial charge in [-0.2, -0.15) is 26.3 Å². The summed E-state index contributed by atoms with van der Waals surface area (Å²) in [5.74, 6) is 5.73. The fraction of sp³-hybridized carbons (Fsp3) is 0.595. The van der Waals surface area contributed by atoms with Crippen molar-refractivity contribution in [3.8, 4) is 28.7 Å². The summed E-state index contributed by atoms with van der Waals surface area (Å²) < 4.78 is 86.5. The summed E-state index contributed by atoms with van der Waals surface area (Å²) in [5.41, 5.74) is -1.13. The van der Waals surface area contributed by atoms with E-state index in [-0.39, 0.29) is 59.5 Å². The predicted molar refractivity (Wildman–Crippen MR) is 376 cm³/mol. The Kier molecular flexibility index (Phi) is 37.6. The molecule has 0 radical (unpaired) electrons. The number of fused-ring (bicyclic) bond motifs is 5. The fourth-order valence-corrected chi connectivity index (χ4v) is 11.1. The second-order valence-electron chi connectivity index (χ2n) is 27.7. The number of phenolic OH excluding ortho intramolecular Hbond substituents is 5. The minimum Gasteiger partial charge on any atom is -0.508 e. The number of carbonyl (C=O) groups excluding carboxylic acids is 2. The molecule has 8 rings (SSSR count). The summed E-state index contributed by atoms with van der Waals surface area (Å²) >= 11 is 0.